The van der Waals surface area contributed by atoms with Gasteiger partial charge in [0.1, 0.15) is 23.6 Å². The molecular weight excluding hydrogens is 397 g/mol. The molecule has 1 aliphatic heterocycles. The van der Waals surface area contributed by atoms with Crippen molar-refractivity contribution in [3.63, 3.8) is 0 Å². The Morgan fingerprint density at radius 3 is 2.34 bits per heavy atom. The summed E-state index contributed by atoms with van der Waals surface area (Å²) in [6.45, 7) is 1.74. The Balaban J connectivity index is 1.67. The first kappa shape index (κ1) is 19.3. The number of halogens is 5. The quantitative estimate of drug-likeness (QED) is 0.485. The fraction of sp³-hybridized carbons (Fsp3) is 0.263. The van der Waals surface area contributed by atoms with E-state index in [0.717, 1.165) is 41.1 Å². The van der Waals surface area contributed by atoms with Gasteiger partial charge in [0.15, 0.2) is 0 Å². The number of rotatable bonds is 4. The topological polar surface area (TPSA) is 52.4 Å². The number of hydrogen-bond donors (Lipinski definition) is 0. The molecule has 1 aliphatic rings. The molecule has 0 spiro atoms. The van der Waals surface area contributed by atoms with Crippen molar-refractivity contribution in [3.8, 4) is 5.69 Å². The van der Waals surface area contributed by atoms with Crippen LogP contribution in [0.1, 0.15) is 24.1 Å². The van der Waals surface area contributed by atoms with Gasteiger partial charge in [0.05, 0.1) is 23.9 Å². The van der Waals surface area contributed by atoms with Crippen LogP contribution in [0.15, 0.2) is 53.6 Å². The minimum atomic E-state index is -4.49. The van der Waals surface area contributed by atoms with Crippen LogP contribution in [0.5, 0.6) is 0 Å². The summed E-state index contributed by atoms with van der Waals surface area (Å²) in [6.07, 6.45) is -3.29. The van der Waals surface area contributed by atoms with Crippen LogP contribution in [0.3, 0.4) is 0 Å². The average Bonchev–Trinajstić information content (AvgIpc) is 3.37. The van der Waals surface area contributed by atoms with E-state index in [1.54, 1.807) is 6.92 Å². The summed E-state index contributed by atoms with van der Waals surface area (Å²) in [5.41, 5.74) is -2.38. The molecule has 1 saturated heterocycles. The number of aromatic nitrogens is 3. The van der Waals surface area contributed by atoms with Gasteiger partial charge >= 0.3 is 11.9 Å². The lowest BCUT2D eigenvalue weighted by molar-refractivity contribution is -0.137. The molecule has 2 atom stereocenters. The summed E-state index contributed by atoms with van der Waals surface area (Å²) in [7, 11) is 0. The van der Waals surface area contributed by atoms with E-state index in [-0.39, 0.29) is 17.9 Å². The van der Waals surface area contributed by atoms with Crippen LogP contribution < -0.4 is 5.69 Å². The monoisotopic (exact) mass is 411 g/mol. The van der Waals surface area contributed by atoms with Crippen LogP contribution in [0.4, 0.5) is 22.0 Å². The Bertz CT molecular complexity index is 1110. The lowest BCUT2D eigenvalue weighted by atomic mass is 9.92. The Kier molecular flexibility index (Phi) is 4.34. The molecule has 2 heterocycles. The van der Waals surface area contributed by atoms with Gasteiger partial charge in [0.2, 0.25) is 0 Å². The zero-order chi connectivity index (χ0) is 21.0. The smallest absolute Gasteiger partial charge is 0.362 e. The van der Waals surface area contributed by atoms with Gasteiger partial charge in [-0.15, -0.1) is 0 Å². The molecule has 0 radical (unpaired) electrons. The zero-order valence-corrected chi connectivity index (χ0v) is 15.0. The fourth-order valence-electron chi connectivity index (χ4n) is 3.31. The largest absolute Gasteiger partial charge is 0.416 e. The van der Waals surface area contributed by atoms with E-state index in [1.807, 2.05) is 0 Å². The predicted molar refractivity (Wildman–Crippen MR) is 91.5 cm³/mol. The van der Waals surface area contributed by atoms with Gasteiger partial charge in [-0.1, -0.05) is 6.07 Å². The second kappa shape index (κ2) is 6.51. The summed E-state index contributed by atoms with van der Waals surface area (Å²) in [4.78, 5) is 12.8. The first-order valence-electron chi connectivity index (χ1n) is 8.57. The van der Waals surface area contributed by atoms with E-state index in [9.17, 15) is 26.7 Å². The van der Waals surface area contributed by atoms with Gasteiger partial charge < -0.3 is 4.74 Å². The molecule has 0 amide bonds. The SMILES string of the molecule is C[C@@H](n1cnn(-c2ccc(C(F)(F)F)cc2)c1=O)[C@@]1(c2ccc(F)cc2F)CO1. The van der Waals surface area contributed by atoms with Crippen molar-refractivity contribution in [2.75, 3.05) is 6.61 Å². The highest BCUT2D eigenvalue weighted by Gasteiger charge is 2.54. The summed E-state index contributed by atoms with van der Waals surface area (Å²) < 4.78 is 73.2. The molecule has 29 heavy (non-hydrogen) atoms. The molecule has 0 unspecified atom stereocenters. The lowest BCUT2D eigenvalue weighted by Crippen LogP contribution is -2.33. The molecule has 1 aromatic heterocycles. The van der Waals surface area contributed by atoms with E-state index in [1.165, 1.54) is 17.0 Å². The van der Waals surface area contributed by atoms with Gasteiger partial charge in [-0.2, -0.15) is 23.0 Å². The van der Waals surface area contributed by atoms with E-state index < -0.39 is 40.7 Å². The van der Waals surface area contributed by atoms with Crippen LogP contribution in [0.25, 0.3) is 5.69 Å². The molecule has 2 aromatic carbocycles. The van der Waals surface area contributed by atoms with Crippen LogP contribution in [-0.4, -0.2) is 21.0 Å². The molecule has 0 N–H and O–H groups in total. The Labute approximate surface area is 161 Å². The maximum atomic E-state index is 14.2. The number of benzene rings is 2. The molecule has 0 aliphatic carbocycles. The molecule has 5 nitrogen and oxygen atoms in total. The predicted octanol–water partition coefficient (Wildman–Crippen LogP) is 3.82. The molecule has 3 aromatic rings. The Hall–Kier alpha value is -3.01. The van der Waals surface area contributed by atoms with Crippen molar-refractivity contribution >= 4 is 0 Å². The van der Waals surface area contributed by atoms with Crippen molar-refractivity contribution < 1.29 is 26.7 Å². The van der Waals surface area contributed by atoms with E-state index in [0.29, 0.717) is 0 Å². The van der Waals surface area contributed by atoms with Crippen molar-refractivity contribution in [1.29, 1.82) is 0 Å². The van der Waals surface area contributed by atoms with Crippen LogP contribution in [-0.2, 0) is 16.5 Å². The number of alkyl halides is 3. The van der Waals surface area contributed by atoms with Gasteiger partial charge in [-0.25, -0.2) is 13.6 Å². The standard InChI is InChI=1S/C19H14F5N3O2/c1-11(18(9-29-18)15-7-4-13(20)8-16(15)21)26-10-25-27(17(26)28)14-5-2-12(3-6-14)19(22,23)24/h2-8,10-11H,9H2,1H3/t11-,18-/m1/s1. The highest BCUT2D eigenvalue weighted by molar-refractivity contribution is 5.35. The van der Waals surface area contributed by atoms with E-state index in [4.69, 9.17) is 4.74 Å². The minimum absolute atomic E-state index is 0.112. The third-order valence-corrected chi connectivity index (χ3v) is 5.07. The van der Waals surface area contributed by atoms with Crippen molar-refractivity contribution in [3.05, 3.63) is 82.0 Å². The van der Waals surface area contributed by atoms with Crippen LogP contribution >= 0.6 is 0 Å². The highest BCUT2D eigenvalue weighted by atomic mass is 19.4. The summed E-state index contributed by atoms with van der Waals surface area (Å²) in [6, 6.07) is 6.37. The zero-order valence-electron chi connectivity index (χ0n) is 15.0. The van der Waals surface area contributed by atoms with E-state index >= 15 is 0 Å². The highest BCUT2D eigenvalue weighted by Crippen LogP contribution is 2.48. The molecule has 0 saturated carbocycles. The lowest BCUT2D eigenvalue weighted by Gasteiger charge is -2.21. The normalized spacial score (nSPS) is 19.9. The number of nitrogens with zero attached hydrogens (tertiary/aromatic N) is 3. The minimum Gasteiger partial charge on any atom is -0.362 e. The second-order valence-electron chi connectivity index (χ2n) is 6.76. The maximum absolute atomic E-state index is 14.2. The second-order valence-corrected chi connectivity index (χ2v) is 6.76. The summed E-state index contributed by atoms with van der Waals surface area (Å²) in [5.74, 6) is -1.53. The molecular formula is C19H14F5N3O2. The third-order valence-electron chi connectivity index (χ3n) is 5.07. The molecule has 4 rings (SSSR count). The molecule has 0 bridgehead atoms. The van der Waals surface area contributed by atoms with Crippen molar-refractivity contribution in [2.45, 2.75) is 24.7 Å². The van der Waals surface area contributed by atoms with E-state index in [2.05, 4.69) is 5.10 Å². The van der Waals surface area contributed by atoms with Gasteiger partial charge in [0.25, 0.3) is 0 Å². The molecule has 1 fully saturated rings. The van der Waals surface area contributed by atoms with Gasteiger partial charge in [0, 0.05) is 11.6 Å². The average molecular weight is 411 g/mol. The van der Waals surface area contributed by atoms with Crippen molar-refractivity contribution in [2.24, 2.45) is 0 Å². The third kappa shape index (κ3) is 3.23. The first-order chi connectivity index (χ1) is 13.6. The molecule has 152 valence electrons. The summed E-state index contributed by atoms with van der Waals surface area (Å²) in [5, 5.41) is 3.95. The fourth-order valence-corrected chi connectivity index (χ4v) is 3.31. The van der Waals surface area contributed by atoms with Crippen LogP contribution in [0, 0.1) is 11.6 Å². The van der Waals surface area contributed by atoms with Crippen LogP contribution in [0.2, 0.25) is 0 Å². The Morgan fingerprint density at radius 2 is 1.79 bits per heavy atom. The Morgan fingerprint density at radius 1 is 1.14 bits per heavy atom. The van der Waals surface area contributed by atoms with Gasteiger partial charge in [-0.05, 0) is 37.3 Å². The maximum Gasteiger partial charge on any atom is 0.416 e. The number of hydrogen-bond acceptors (Lipinski definition) is 3. The number of ether oxygens (including phenoxy) is 1. The van der Waals surface area contributed by atoms with Crippen molar-refractivity contribution in [1.82, 2.24) is 14.3 Å². The molecule has 10 heteroatoms. The first-order valence-corrected chi connectivity index (χ1v) is 8.57. The summed E-state index contributed by atoms with van der Waals surface area (Å²) >= 11 is 0. The van der Waals surface area contributed by atoms with Gasteiger partial charge in [-0.3, -0.25) is 4.57 Å². The number of epoxide rings is 1.